The molecule has 2 aromatic carbocycles. The van der Waals surface area contributed by atoms with Crippen molar-refractivity contribution in [2.75, 3.05) is 46.3 Å². The first-order valence-electron chi connectivity index (χ1n) is 10.9. The molecular weight excluding hydrogens is 392 g/mol. The van der Waals surface area contributed by atoms with Crippen molar-refractivity contribution in [2.24, 2.45) is 5.73 Å². The van der Waals surface area contributed by atoms with Gasteiger partial charge in [0.25, 0.3) is 5.91 Å². The Balaban J connectivity index is 1.31. The number of hydrogen-bond donors (Lipinski definition) is 1. The van der Waals surface area contributed by atoms with Crippen molar-refractivity contribution in [3.8, 4) is 11.5 Å². The number of rotatable bonds is 5. The summed E-state index contributed by atoms with van der Waals surface area (Å²) in [6.45, 7) is 5.72. The highest BCUT2D eigenvalue weighted by atomic mass is 16.5. The Bertz CT molecular complexity index is 905. The predicted molar refractivity (Wildman–Crippen MR) is 119 cm³/mol. The maximum Gasteiger partial charge on any atom is 0.253 e. The van der Waals surface area contributed by atoms with Gasteiger partial charge in [-0.3, -0.25) is 14.5 Å². The number of amides is 2. The van der Waals surface area contributed by atoms with Crippen molar-refractivity contribution in [1.82, 2.24) is 14.7 Å². The van der Waals surface area contributed by atoms with Gasteiger partial charge in [0, 0.05) is 49.9 Å². The van der Waals surface area contributed by atoms with Gasteiger partial charge in [0.1, 0.15) is 11.5 Å². The molecular formula is C24H30N4O3. The SMILES string of the molecule is CN1CCCC(N2CCN(C(=O)c3ccc(Oc4ccc(C(N)=O)cc4)cc3)CC2)C1. The van der Waals surface area contributed by atoms with Gasteiger partial charge < -0.3 is 20.3 Å². The summed E-state index contributed by atoms with van der Waals surface area (Å²) in [5, 5.41) is 0. The van der Waals surface area contributed by atoms with E-state index in [9.17, 15) is 9.59 Å². The number of likely N-dealkylation sites (N-methyl/N-ethyl adjacent to an activating group) is 1. The van der Waals surface area contributed by atoms with Crippen LogP contribution in [0.5, 0.6) is 11.5 Å². The number of carbonyl (C=O) groups is 2. The molecule has 7 nitrogen and oxygen atoms in total. The van der Waals surface area contributed by atoms with E-state index in [1.807, 2.05) is 4.90 Å². The normalized spacial score (nSPS) is 20.4. The fraction of sp³-hybridized carbons (Fsp3) is 0.417. The van der Waals surface area contributed by atoms with Gasteiger partial charge in [-0.2, -0.15) is 0 Å². The molecule has 2 aliphatic heterocycles. The summed E-state index contributed by atoms with van der Waals surface area (Å²) >= 11 is 0. The molecule has 2 heterocycles. The second-order valence-corrected chi connectivity index (χ2v) is 8.40. The van der Waals surface area contributed by atoms with Crippen LogP contribution < -0.4 is 10.5 Å². The minimum Gasteiger partial charge on any atom is -0.457 e. The summed E-state index contributed by atoms with van der Waals surface area (Å²) in [6, 6.07) is 14.5. The highest BCUT2D eigenvalue weighted by Gasteiger charge is 2.28. The molecule has 2 fully saturated rings. The van der Waals surface area contributed by atoms with Crippen LogP contribution in [0.1, 0.15) is 33.6 Å². The monoisotopic (exact) mass is 422 g/mol. The molecule has 1 unspecified atom stereocenters. The zero-order valence-electron chi connectivity index (χ0n) is 18.0. The fourth-order valence-electron chi connectivity index (χ4n) is 4.40. The van der Waals surface area contributed by atoms with Crippen molar-refractivity contribution >= 4 is 11.8 Å². The van der Waals surface area contributed by atoms with Crippen molar-refractivity contribution < 1.29 is 14.3 Å². The number of nitrogens with two attached hydrogens (primary N) is 1. The van der Waals surface area contributed by atoms with Crippen LogP contribution in [-0.2, 0) is 0 Å². The van der Waals surface area contributed by atoms with Crippen LogP contribution in [0.2, 0.25) is 0 Å². The van der Waals surface area contributed by atoms with E-state index in [0.29, 0.717) is 28.7 Å². The highest BCUT2D eigenvalue weighted by molar-refractivity contribution is 5.94. The molecule has 0 bridgehead atoms. The Hall–Kier alpha value is -2.90. The Morgan fingerprint density at radius 3 is 2.00 bits per heavy atom. The Morgan fingerprint density at radius 1 is 0.871 bits per heavy atom. The summed E-state index contributed by atoms with van der Waals surface area (Å²) in [6.07, 6.45) is 2.51. The average molecular weight is 423 g/mol. The maximum absolute atomic E-state index is 12.9. The molecule has 0 aliphatic carbocycles. The van der Waals surface area contributed by atoms with E-state index >= 15 is 0 Å². The largest absolute Gasteiger partial charge is 0.457 e. The molecule has 164 valence electrons. The molecule has 2 aliphatic rings. The first-order valence-corrected chi connectivity index (χ1v) is 10.9. The Labute approximate surface area is 183 Å². The van der Waals surface area contributed by atoms with Gasteiger partial charge in [-0.05, 0) is 75.0 Å². The number of primary amides is 1. The van der Waals surface area contributed by atoms with Crippen LogP contribution in [0.25, 0.3) is 0 Å². The minimum atomic E-state index is -0.471. The third-order valence-corrected chi connectivity index (χ3v) is 6.19. The molecule has 2 amide bonds. The molecule has 1 atom stereocenters. The highest BCUT2D eigenvalue weighted by Crippen LogP contribution is 2.23. The molecule has 2 aromatic rings. The van der Waals surface area contributed by atoms with E-state index in [0.717, 1.165) is 32.7 Å². The number of likely N-dealkylation sites (tertiary alicyclic amines) is 1. The zero-order chi connectivity index (χ0) is 21.8. The molecule has 0 radical (unpaired) electrons. The van der Waals surface area contributed by atoms with Gasteiger partial charge in [-0.25, -0.2) is 0 Å². The molecule has 7 heteroatoms. The molecule has 2 N–H and O–H groups in total. The van der Waals surface area contributed by atoms with E-state index in [4.69, 9.17) is 10.5 Å². The molecule has 2 saturated heterocycles. The third kappa shape index (κ3) is 5.24. The quantitative estimate of drug-likeness (QED) is 0.801. The molecule has 4 rings (SSSR count). The van der Waals surface area contributed by atoms with Gasteiger partial charge in [0.15, 0.2) is 0 Å². The molecule has 31 heavy (non-hydrogen) atoms. The summed E-state index contributed by atoms with van der Waals surface area (Å²) in [7, 11) is 2.19. The van der Waals surface area contributed by atoms with Crippen LogP contribution in [0.3, 0.4) is 0 Å². The Kier molecular flexibility index (Phi) is 6.53. The number of hydrogen-bond acceptors (Lipinski definition) is 5. The molecule has 0 saturated carbocycles. The van der Waals surface area contributed by atoms with Gasteiger partial charge in [0.2, 0.25) is 5.91 Å². The molecule has 0 aromatic heterocycles. The van der Waals surface area contributed by atoms with E-state index in [1.54, 1.807) is 48.5 Å². The zero-order valence-corrected chi connectivity index (χ0v) is 18.0. The summed E-state index contributed by atoms with van der Waals surface area (Å²) in [5.74, 6) is 0.835. The lowest BCUT2D eigenvalue weighted by atomic mass is 10.0. The van der Waals surface area contributed by atoms with E-state index in [1.165, 1.54) is 19.4 Å². The predicted octanol–water partition coefficient (Wildman–Crippen LogP) is 2.43. The number of carbonyl (C=O) groups excluding carboxylic acids is 2. The van der Waals surface area contributed by atoms with Crippen molar-refractivity contribution in [3.63, 3.8) is 0 Å². The molecule has 0 spiro atoms. The van der Waals surface area contributed by atoms with Crippen LogP contribution in [0.15, 0.2) is 48.5 Å². The van der Waals surface area contributed by atoms with E-state index < -0.39 is 5.91 Å². The summed E-state index contributed by atoms with van der Waals surface area (Å²) in [5.41, 5.74) is 6.36. The first-order chi connectivity index (χ1) is 15.0. The van der Waals surface area contributed by atoms with Crippen LogP contribution in [0, 0.1) is 0 Å². The standard InChI is InChI=1S/C24H30N4O3/c1-26-12-2-3-20(17-26)27-13-15-28(16-14-27)24(30)19-6-10-22(11-7-19)31-21-8-4-18(5-9-21)23(25)29/h4-11,20H,2-3,12-17H2,1H3,(H2,25,29). The summed E-state index contributed by atoms with van der Waals surface area (Å²) in [4.78, 5) is 31.0. The maximum atomic E-state index is 12.9. The average Bonchev–Trinajstić information content (AvgIpc) is 2.80. The van der Waals surface area contributed by atoms with Gasteiger partial charge in [0.05, 0.1) is 0 Å². The minimum absolute atomic E-state index is 0.0674. The third-order valence-electron chi connectivity index (χ3n) is 6.19. The van der Waals surface area contributed by atoms with Crippen LogP contribution in [-0.4, -0.2) is 78.9 Å². The lowest BCUT2D eigenvalue weighted by Crippen LogP contribution is -2.55. The topological polar surface area (TPSA) is 79.1 Å². The number of piperazine rings is 1. The van der Waals surface area contributed by atoms with E-state index in [-0.39, 0.29) is 5.91 Å². The number of piperidine rings is 1. The van der Waals surface area contributed by atoms with Crippen molar-refractivity contribution in [2.45, 2.75) is 18.9 Å². The first kappa shape index (κ1) is 21.3. The summed E-state index contributed by atoms with van der Waals surface area (Å²) < 4.78 is 5.80. The van der Waals surface area contributed by atoms with Crippen molar-refractivity contribution in [1.29, 1.82) is 0 Å². The number of ether oxygens (including phenoxy) is 1. The van der Waals surface area contributed by atoms with E-state index in [2.05, 4.69) is 16.8 Å². The number of nitrogens with zero attached hydrogens (tertiary/aromatic N) is 3. The van der Waals surface area contributed by atoms with Gasteiger partial charge >= 0.3 is 0 Å². The number of benzene rings is 2. The smallest absolute Gasteiger partial charge is 0.253 e. The van der Waals surface area contributed by atoms with Crippen molar-refractivity contribution in [3.05, 3.63) is 59.7 Å². The van der Waals surface area contributed by atoms with Crippen LogP contribution in [0.4, 0.5) is 0 Å². The second-order valence-electron chi connectivity index (χ2n) is 8.40. The lowest BCUT2D eigenvalue weighted by molar-refractivity contribution is 0.0452. The van der Waals surface area contributed by atoms with Crippen LogP contribution >= 0.6 is 0 Å². The van der Waals surface area contributed by atoms with Gasteiger partial charge in [-0.15, -0.1) is 0 Å². The van der Waals surface area contributed by atoms with Gasteiger partial charge in [-0.1, -0.05) is 0 Å². The Morgan fingerprint density at radius 2 is 1.45 bits per heavy atom. The second kappa shape index (κ2) is 9.49. The lowest BCUT2D eigenvalue weighted by Gasteiger charge is -2.42. The fourth-order valence-corrected chi connectivity index (χ4v) is 4.40.